The highest BCUT2D eigenvalue weighted by Crippen LogP contribution is 2.44. The number of nitrogens with one attached hydrogen (secondary N) is 1. The van der Waals surface area contributed by atoms with E-state index in [2.05, 4.69) is 15.4 Å². The summed E-state index contributed by atoms with van der Waals surface area (Å²) in [5, 5.41) is 9.81. The number of rotatable bonds is 9. The SMILES string of the molecule is CCOC(=O)C1=C(C2CCC(c3cnn(C(C)CC(=O)OC)c3)CC2)NC(c2nccs2)=NC1c1ccc(F)c(F)c1Cl. The van der Waals surface area contributed by atoms with Gasteiger partial charge in [-0.25, -0.2) is 18.6 Å². The van der Waals surface area contributed by atoms with Crippen LogP contribution in [0.5, 0.6) is 0 Å². The predicted octanol–water partition coefficient (Wildman–Crippen LogP) is 6.28. The number of methoxy groups -OCH3 is 1. The third-order valence-electron chi connectivity index (χ3n) is 7.93. The molecule has 3 aromatic rings. The second-order valence-corrected chi connectivity index (χ2v) is 11.9. The summed E-state index contributed by atoms with van der Waals surface area (Å²) >= 11 is 7.67. The van der Waals surface area contributed by atoms with Gasteiger partial charge in [-0.3, -0.25) is 14.5 Å². The monoisotopic (exact) mass is 631 g/mol. The summed E-state index contributed by atoms with van der Waals surface area (Å²) in [5.74, 6) is -2.58. The predicted molar refractivity (Wildman–Crippen MR) is 158 cm³/mol. The lowest BCUT2D eigenvalue weighted by molar-refractivity contribution is -0.141. The van der Waals surface area contributed by atoms with Crippen molar-refractivity contribution in [2.24, 2.45) is 10.9 Å². The Hall–Kier alpha value is -3.64. The van der Waals surface area contributed by atoms with E-state index in [0.29, 0.717) is 16.5 Å². The van der Waals surface area contributed by atoms with Gasteiger partial charge in [0.1, 0.15) is 6.04 Å². The molecule has 0 bridgehead atoms. The van der Waals surface area contributed by atoms with Crippen molar-refractivity contribution in [3.8, 4) is 0 Å². The molecule has 2 aliphatic rings. The first kappa shape index (κ1) is 30.8. The number of halogens is 3. The van der Waals surface area contributed by atoms with Crippen molar-refractivity contribution in [1.29, 1.82) is 0 Å². The van der Waals surface area contributed by atoms with Gasteiger partial charge >= 0.3 is 11.9 Å². The van der Waals surface area contributed by atoms with E-state index in [4.69, 9.17) is 26.1 Å². The Bertz CT molecular complexity index is 1550. The van der Waals surface area contributed by atoms with E-state index in [9.17, 15) is 18.4 Å². The second-order valence-electron chi connectivity index (χ2n) is 10.6. The van der Waals surface area contributed by atoms with Gasteiger partial charge in [-0.15, -0.1) is 11.3 Å². The highest BCUT2D eigenvalue weighted by Gasteiger charge is 2.38. The number of aromatic nitrogens is 3. The van der Waals surface area contributed by atoms with Crippen molar-refractivity contribution in [2.75, 3.05) is 13.7 Å². The van der Waals surface area contributed by atoms with Crippen molar-refractivity contribution in [1.82, 2.24) is 20.1 Å². The van der Waals surface area contributed by atoms with Crippen LogP contribution in [0.3, 0.4) is 0 Å². The van der Waals surface area contributed by atoms with Crippen molar-refractivity contribution >= 4 is 40.7 Å². The molecular formula is C30H32ClF2N5O4S. The summed E-state index contributed by atoms with van der Waals surface area (Å²) in [4.78, 5) is 34.3. The number of carbonyl (C=O) groups is 2. The number of carbonyl (C=O) groups excluding carboxylic acids is 2. The minimum atomic E-state index is -1.20. The number of hydrogen-bond donors (Lipinski definition) is 1. The van der Waals surface area contributed by atoms with Gasteiger partial charge in [-0.1, -0.05) is 17.7 Å². The summed E-state index contributed by atoms with van der Waals surface area (Å²) in [6.07, 6.45) is 8.82. The number of amidine groups is 1. The molecule has 0 spiro atoms. The van der Waals surface area contributed by atoms with Gasteiger partial charge in [0.05, 0.1) is 43.0 Å². The molecule has 43 heavy (non-hydrogen) atoms. The lowest BCUT2D eigenvalue weighted by atomic mass is 9.76. The van der Waals surface area contributed by atoms with Crippen LogP contribution in [-0.2, 0) is 19.1 Å². The molecule has 1 saturated carbocycles. The topological polar surface area (TPSA) is 108 Å². The van der Waals surface area contributed by atoms with Crippen molar-refractivity contribution in [2.45, 2.75) is 64.0 Å². The zero-order valence-electron chi connectivity index (χ0n) is 24.0. The zero-order valence-corrected chi connectivity index (χ0v) is 25.6. The maximum absolute atomic E-state index is 14.6. The van der Waals surface area contributed by atoms with Crippen LogP contribution in [0.4, 0.5) is 8.78 Å². The summed E-state index contributed by atoms with van der Waals surface area (Å²) in [7, 11) is 1.37. The van der Waals surface area contributed by atoms with Gasteiger partial charge in [0, 0.05) is 29.0 Å². The molecule has 3 heterocycles. The Balaban J connectivity index is 1.46. The van der Waals surface area contributed by atoms with Crippen LogP contribution in [0.1, 0.15) is 80.1 Å². The van der Waals surface area contributed by atoms with Crippen molar-refractivity contribution in [3.63, 3.8) is 0 Å². The molecule has 2 atom stereocenters. The summed E-state index contributed by atoms with van der Waals surface area (Å²) in [6.45, 7) is 3.75. The zero-order chi connectivity index (χ0) is 30.7. The fourth-order valence-electron chi connectivity index (χ4n) is 5.68. The van der Waals surface area contributed by atoms with Crippen LogP contribution in [0, 0.1) is 17.6 Å². The first-order valence-corrected chi connectivity index (χ1v) is 15.4. The minimum absolute atomic E-state index is 0.0685. The summed E-state index contributed by atoms with van der Waals surface area (Å²) in [6, 6.07) is 1.18. The molecule has 5 rings (SSSR count). The molecule has 228 valence electrons. The van der Waals surface area contributed by atoms with Gasteiger partial charge in [-0.2, -0.15) is 5.10 Å². The number of thiazole rings is 1. The Morgan fingerprint density at radius 3 is 2.63 bits per heavy atom. The normalized spacial score (nSPS) is 21.2. The van der Waals surface area contributed by atoms with Gasteiger partial charge in [0.25, 0.3) is 0 Å². The van der Waals surface area contributed by atoms with Crippen molar-refractivity contribution < 1.29 is 27.8 Å². The Morgan fingerprint density at radius 1 is 1.21 bits per heavy atom. The number of esters is 2. The minimum Gasteiger partial charge on any atom is -0.469 e. The Kier molecular flexibility index (Phi) is 9.55. The van der Waals surface area contributed by atoms with E-state index >= 15 is 0 Å². The Morgan fingerprint density at radius 2 is 1.95 bits per heavy atom. The van der Waals surface area contributed by atoms with Crippen LogP contribution < -0.4 is 5.32 Å². The molecule has 1 aromatic carbocycles. The molecule has 1 aliphatic carbocycles. The molecule has 0 amide bonds. The van der Waals surface area contributed by atoms with E-state index in [1.54, 1.807) is 23.2 Å². The quantitative estimate of drug-likeness (QED) is 0.219. The summed E-state index contributed by atoms with van der Waals surface area (Å²) in [5.41, 5.74) is 2.11. The fourth-order valence-corrected chi connectivity index (χ4v) is 6.53. The number of allylic oxidation sites excluding steroid dienone is 1. The molecule has 2 unspecified atom stereocenters. The molecule has 0 radical (unpaired) electrons. The van der Waals surface area contributed by atoms with Gasteiger partial charge < -0.3 is 14.8 Å². The van der Waals surface area contributed by atoms with E-state index in [-0.39, 0.29) is 48.0 Å². The molecular weight excluding hydrogens is 600 g/mol. The largest absolute Gasteiger partial charge is 0.469 e. The van der Waals surface area contributed by atoms with E-state index in [1.165, 1.54) is 24.5 Å². The van der Waals surface area contributed by atoms with Crippen molar-refractivity contribution in [3.05, 3.63) is 80.2 Å². The van der Waals surface area contributed by atoms with Crippen LogP contribution in [0.25, 0.3) is 0 Å². The van der Waals surface area contributed by atoms with Crippen LogP contribution in [0.2, 0.25) is 5.02 Å². The number of benzene rings is 1. The first-order chi connectivity index (χ1) is 20.7. The van der Waals surface area contributed by atoms with Crippen LogP contribution >= 0.6 is 22.9 Å². The third kappa shape index (κ3) is 6.50. The maximum Gasteiger partial charge on any atom is 0.338 e. The molecule has 1 fully saturated rings. The number of nitrogens with zero attached hydrogens (tertiary/aromatic N) is 4. The standard InChI is InChI=1S/C30H32ClF2N5O4S/c1-4-42-30(40)23-26(18-7-5-17(6-8-18)19-14-35-38(15-19)16(2)13-22(39)41-3)36-28(29-34-11-12-43-29)37-27(23)20-9-10-21(32)25(33)24(20)31/h9-12,14-18,27H,4-8,13H2,1-3H3,(H,36,37). The second kappa shape index (κ2) is 13.3. The highest BCUT2D eigenvalue weighted by atomic mass is 35.5. The smallest absolute Gasteiger partial charge is 0.338 e. The molecule has 1 aliphatic heterocycles. The lowest BCUT2D eigenvalue weighted by Crippen LogP contribution is -2.38. The third-order valence-corrected chi connectivity index (χ3v) is 9.10. The first-order valence-electron chi connectivity index (χ1n) is 14.1. The molecule has 13 heteroatoms. The number of aliphatic imine (C=N–C) groups is 1. The van der Waals surface area contributed by atoms with Gasteiger partial charge in [0.2, 0.25) is 0 Å². The van der Waals surface area contributed by atoms with Gasteiger partial charge in [0.15, 0.2) is 22.5 Å². The van der Waals surface area contributed by atoms with Gasteiger partial charge in [-0.05, 0) is 63.0 Å². The summed E-state index contributed by atoms with van der Waals surface area (Å²) < 4.78 is 40.7. The fraction of sp³-hybridized carbons (Fsp3) is 0.433. The highest BCUT2D eigenvalue weighted by molar-refractivity contribution is 7.11. The molecule has 1 N–H and O–H groups in total. The maximum atomic E-state index is 14.6. The van der Waals surface area contributed by atoms with E-state index < -0.39 is 28.7 Å². The van der Waals surface area contributed by atoms with E-state index in [1.807, 2.05) is 19.3 Å². The number of hydrogen-bond acceptors (Lipinski definition) is 9. The molecule has 2 aromatic heterocycles. The van der Waals surface area contributed by atoms with Crippen LogP contribution in [-0.4, -0.2) is 46.3 Å². The van der Waals surface area contributed by atoms with E-state index in [0.717, 1.165) is 37.3 Å². The molecule has 0 saturated heterocycles. The lowest BCUT2D eigenvalue weighted by Gasteiger charge is -2.35. The number of ether oxygens (including phenoxy) is 2. The average molecular weight is 632 g/mol. The molecule has 9 nitrogen and oxygen atoms in total. The average Bonchev–Trinajstić information content (AvgIpc) is 3.73. The Labute approximate surface area is 257 Å². The van der Waals surface area contributed by atoms with Crippen LogP contribution in [0.15, 0.2) is 52.4 Å².